The van der Waals surface area contributed by atoms with E-state index in [9.17, 15) is 0 Å². The highest BCUT2D eigenvalue weighted by atomic mass is 35.5. The Labute approximate surface area is 48.7 Å². The molecule has 1 aliphatic rings. The Bertz CT molecular complexity index is 96.4. The normalized spacial score (nSPS) is 35.4. The maximum Gasteiger partial charge on any atom is 0.0672 e. The summed E-state index contributed by atoms with van der Waals surface area (Å²) in [5, 5.41) is 8.05. The van der Waals surface area contributed by atoms with Gasteiger partial charge in [0.2, 0.25) is 0 Å². The molecule has 2 atom stereocenters. The van der Waals surface area contributed by atoms with Crippen LogP contribution in [0.15, 0.2) is 0 Å². The molecular weight excluding hydrogens is 112 g/mol. The number of hydrogen-bond acceptors (Lipinski definition) is 2. The summed E-state index contributed by atoms with van der Waals surface area (Å²) in [5.74, 6) is 0.185. The monoisotopic (exact) mass is 118 g/mol. The number of nitrogens with zero attached hydrogens (tertiary/aromatic N) is 1. The van der Waals surface area contributed by atoms with Gasteiger partial charge in [0.1, 0.15) is 0 Å². The first-order chi connectivity index (χ1) is 2.84. The van der Waals surface area contributed by atoms with Crippen molar-refractivity contribution in [3.8, 4) is 6.07 Å². The highest BCUT2D eigenvalue weighted by Gasteiger charge is 2.32. The van der Waals surface area contributed by atoms with E-state index >= 15 is 0 Å². The zero-order chi connectivity index (χ0) is 4.57. The zero-order valence-electron chi connectivity index (χ0n) is 3.79. The smallest absolute Gasteiger partial charge is 0.0672 e. The molecule has 0 aliphatic heterocycles. The first-order valence-corrected chi connectivity index (χ1v) is 2.00. The third kappa shape index (κ3) is 1.34. The van der Waals surface area contributed by atoms with E-state index in [-0.39, 0.29) is 24.4 Å². The lowest BCUT2D eigenvalue weighted by Gasteiger charge is -1.67. The average molecular weight is 119 g/mol. The van der Waals surface area contributed by atoms with E-state index in [4.69, 9.17) is 11.0 Å². The van der Waals surface area contributed by atoms with Crippen molar-refractivity contribution >= 4 is 12.4 Å². The largest absolute Gasteiger partial charge is 0.326 e. The molecular formula is C4H7ClN2. The van der Waals surface area contributed by atoms with Crippen molar-refractivity contribution in [2.75, 3.05) is 0 Å². The van der Waals surface area contributed by atoms with Crippen LogP contribution < -0.4 is 5.73 Å². The van der Waals surface area contributed by atoms with Crippen molar-refractivity contribution in [2.24, 2.45) is 11.7 Å². The van der Waals surface area contributed by atoms with Gasteiger partial charge in [-0.05, 0) is 6.42 Å². The van der Waals surface area contributed by atoms with Crippen molar-refractivity contribution in [1.82, 2.24) is 0 Å². The summed E-state index contributed by atoms with van der Waals surface area (Å²) >= 11 is 0. The van der Waals surface area contributed by atoms with Gasteiger partial charge in [-0.15, -0.1) is 12.4 Å². The van der Waals surface area contributed by atoms with Crippen molar-refractivity contribution in [3.63, 3.8) is 0 Å². The summed E-state index contributed by atoms with van der Waals surface area (Å²) in [6, 6.07) is 2.27. The fourth-order valence-electron chi connectivity index (χ4n) is 0.363. The summed E-state index contributed by atoms with van der Waals surface area (Å²) in [5.41, 5.74) is 5.25. The molecule has 1 aliphatic carbocycles. The summed E-state index contributed by atoms with van der Waals surface area (Å²) < 4.78 is 0. The van der Waals surface area contributed by atoms with Crippen LogP contribution in [-0.4, -0.2) is 6.04 Å². The second-order valence-corrected chi connectivity index (χ2v) is 1.64. The molecule has 7 heavy (non-hydrogen) atoms. The van der Waals surface area contributed by atoms with Crippen LogP contribution in [0.1, 0.15) is 6.42 Å². The van der Waals surface area contributed by atoms with Gasteiger partial charge in [-0.3, -0.25) is 0 Å². The maximum atomic E-state index is 8.05. The Morgan fingerprint density at radius 1 is 1.71 bits per heavy atom. The minimum absolute atomic E-state index is 0. The van der Waals surface area contributed by atoms with E-state index in [0.29, 0.717) is 0 Å². The minimum atomic E-state index is 0. The molecule has 2 N–H and O–H groups in total. The van der Waals surface area contributed by atoms with Crippen molar-refractivity contribution in [1.29, 1.82) is 5.26 Å². The first kappa shape index (κ1) is 6.74. The Kier molecular flexibility index (Phi) is 2.07. The molecule has 1 fully saturated rings. The number of halogens is 1. The summed E-state index contributed by atoms with van der Waals surface area (Å²) in [6.07, 6.45) is 0.913. The van der Waals surface area contributed by atoms with Gasteiger partial charge in [0, 0.05) is 6.04 Å². The van der Waals surface area contributed by atoms with Crippen LogP contribution in [0.25, 0.3) is 0 Å². The third-order valence-corrected chi connectivity index (χ3v) is 1.01. The highest BCUT2D eigenvalue weighted by molar-refractivity contribution is 5.85. The number of nitriles is 1. The van der Waals surface area contributed by atoms with E-state index in [1.807, 2.05) is 0 Å². The number of nitrogens with two attached hydrogens (primary N) is 1. The number of hydrogen-bond donors (Lipinski definition) is 1. The van der Waals surface area contributed by atoms with E-state index in [1.165, 1.54) is 0 Å². The van der Waals surface area contributed by atoms with Gasteiger partial charge in [-0.2, -0.15) is 5.26 Å². The van der Waals surface area contributed by atoms with Crippen LogP contribution in [0.4, 0.5) is 0 Å². The molecule has 0 aromatic rings. The van der Waals surface area contributed by atoms with Crippen LogP contribution in [0.2, 0.25) is 0 Å². The first-order valence-electron chi connectivity index (χ1n) is 2.00. The van der Waals surface area contributed by atoms with Crippen molar-refractivity contribution in [3.05, 3.63) is 0 Å². The lowest BCUT2D eigenvalue weighted by Crippen LogP contribution is -1.99. The van der Waals surface area contributed by atoms with Gasteiger partial charge < -0.3 is 5.73 Å². The predicted octanol–water partition coefficient (Wildman–Crippen LogP) is 0.279. The van der Waals surface area contributed by atoms with Gasteiger partial charge in [-0.25, -0.2) is 0 Å². The molecule has 2 nitrogen and oxygen atoms in total. The van der Waals surface area contributed by atoms with Gasteiger partial charge in [0.15, 0.2) is 0 Å². The molecule has 3 heteroatoms. The second kappa shape index (κ2) is 2.15. The predicted molar refractivity (Wildman–Crippen MR) is 28.9 cm³/mol. The fourth-order valence-corrected chi connectivity index (χ4v) is 0.363. The molecule has 0 bridgehead atoms. The minimum Gasteiger partial charge on any atom is -0.326 e. The summed E-state index contributed by atoms with van der Waals surface area (Å²) in [4.78, 5) is 0. The third-order valence-electron chi connectivity index (χ3n) is 1.01. The molecule has 40 valence electrons. The molecule has 0 amide bonds. The molecule has 0 radical (unpaired) electrons. The van der Waals surface area contributed by atoms with Gasteiger partial charge in [-0.1, -0.05) is 0 Å². The summed E-state index contributed by atoms with van der Waals surface area (Å²) in [6.45, 7) is 0. The Balaban J connectivity index is 0.000000360. The van der Waals surface area contributed by atoms with Crippen molar-refractivity contribution in [2.45, 2.75) is 12.5 Å². The molecule has 0 unspecified atom stereocenters. The zero-order valence-corrected chi connectivity index (χ0v) is 4.61. The van der Waals surface area contributed by atoms with Crippen molar-refractivity contribution < 1.29 is 0 Å². The van der Waals surface area contributed by atoms with Crippen LogP contribution in [0.5, 0.6) is 0 Å². The molecule has 0 saturated heterocycles. The standard InChI is InChI=1S/C4H6N2.ClH/c5-2-3-1-4(3)6;/h3-4H,1,6H2;1H/t3-,4-;/m0./s1. The molecule has 0 heterocycles. The molecule has 1 saturated carbocycles. The highest BCUT2D eigenvalue weighted by Crippen LogP contribution is 2.25. The van der Waals surface area contributed by atoms with E-state index < -0.39 is 0 Å². The van der Waals surface area contributed by atoms with Gasteiger partial charge in [0.25, 0.3) is 0 Å². The summed E-state index contributed by atoms with van der Waals surface area (Å²) in [7, 11) is 0. The second-order valence-electron chi connectivity index (χ2n) is 1.64. The Hall–Kier alpha value is -0.260. The van der Waals surface area contributed by atoms with E-state index in [2.05, 4.69) is 6.07 Å². The lowest BCUT2D eigenvalue weighted by atomic mass is 10.5. The van der Waals surface area contributed by atoms with Crippen LogP contribution in [0.3, 0.4) is 0 Å². The van der Waals surface area contributed by atoms with Crippen LogP contribution in [0, 0.1) is 17.2 Å². The molecule has 0 aromatic heterocycles. The number of rotatable bonds is 0. The molecule has 0 spiro atoms. The van der Waals surface area contributed by atoms with Crippen LogP contribution >= 0.6 is 12.4 Å². The van der Waals surface area contributed by atoms with E-state index in [0.717, 1.165) is 6.42 Å². The average Bonchev–Trinajstić information content (AvgIpc) is 2.19. The lowest BCUT2D eigenvalue weighted by molar-refractivity contribution is 0.985. The Morgan fingerprint density at radius 2 is 2.14 bits per heavy atom. The Morgan fingerprint density at radius 3 is 2.14 bits per heavy atom. The van der Waals surface area contributed by atoms with Gasteiger partial charge >= 0.3 is 0 Å². The van der Waals surface area contributed by atoms with Gasteiger partial charge in [0.05, 0.1) is 12.0 Å². The topological polar surface area (TPSA) is 49.8 Å². The molecule has 1 rings (SSSR count). The fraction of sp³-hybridized carbons (Fsp3) is 0.750. The SMILES string of the molecule is Cl.N#C[C@@H]1C[C@@H]1N. The quantitative estimate of drug-likeness (QED) is 0.497. The van der Waals surface area contributed by atoms with E-state index in [1.54, 1.807) is 0 Å². The maximum absolute atomic E-state index is 8.05. The molecule has 0 aromatic carbocycles. The van der Waals surface area contributed by atoms with Crippen LogP contribution in [-0.2, 0) is 0 Å².